The van der Waals surface area contributed by atoms with Gasteiger partial charge in [0.2, 0.25) is 0 Å². The smallest absolute Gasteiger partial charge is 0.405 e. The Morgan fingerprint density at radius 2 is 1.31 bits per heavy atom. The van der Waals surface area contributed by atoms with Crippen LogP contribution in [0.4, 0.5) is 4.79 Å². The maximum Gasteiger partial charge on any atom is 0.405 e. The van der Waals surface area contributed by atoms with Crippen molar-refractivity contribution in [2.24, 2.45) is 5.92 Å². The predicted octanol–water partition coefficient (Wildman–Crippen LogP) is 10.9. The minimum atomic E-state index is -0.873. The number of carbonyl (C=O) groups excluding carboxylic acids is 1. The number of aliphatic hydroxyl groups is 1. The number of halogens is 3. The lowest BCUT2D eigenvalue weighted by Crippen LogP contribution is -2.52. The molecule has 4 N–H and O–H groups in total. The third kappa shape index (κ3) is 37.5. The van der Waals surface area contributed by atoms with E-state index in [2.05, 4.69) is 168 Å². The first-order valence-corrected chi connectivity index (χ1v) is 25.1. The molecule has 70 heavy (non-hydrogen) atoms. The second-order valence-corrected chi connectivity index (χ2v) is 16.9. The van der Waals surface area contributed by atoms with Crippen LogP contribution in [0.1, 0.15) is 61.3 Å². The zero-order valence-corrected chi connectivity index (χ0v) is 43.9. The Morgan fingerprint density at radius 3 is 1.67 bits per heavy atom. The summed E-state index contributed by atoms with van der Waals surface area (Å²) >= 11 is 13.0. The molecule has 3 atom stereocenters. The fourth-order valence-corrected chi connectivity index (χ4v) is 7.07. The van der Waals surface area contributed by atoms with Crippen molar-refractivity contribution in [2.45, 2.75) is 76.8 Å². The Kier molecular flexibility index (Phi) is 43.7. The first-order valence-electron chi connectivity index (χ1n) is 23.2. The summed E-state index contributed by atoms with van der Waals surface area (Å²) in [6.07, 6.45) is 9.01. The molecule has 2 aliphatic heterocycles. The number of piperidine rings is 1. The van der Waals surface area contributed by atoms with Gasteiger partial charge >= 0.3 is 5.43 Å². The van der Waals surface area contributed by atoms with E-state index >= 15 is 0 Å². The van der Waals surface area contributed by atoms with E-state index in [-0.39, 0.29) is 0 Å². The molecule has 6 rings (SSSR count). The lowest BCUT2D eigenvalue weighted by atomic mass is 9.97. The molecular formula is C55H72BrCl2N9O3. The number of allylic oxidation sites excluding steroid dienone is 3. The van der Waals surface area contributed by atoms with Gasteiger partial charge in [-0.2, -0.15) is 21.0 Å². The Hall–Kier alpha value is -5.39. The van der Waals surface area contributed by atoms with Gasteiger partial charge in [-0.3, -0.25) is 9.80 Å². The van der Waals surface area contributed by atoms with Crippen LogP contribution < -0.4 is 16.0 Å². The van der Waals surface area contributed by atoms with E-state index in [0.29, 0.717) is 24.8 Å². The molecule has 0 amide bonds. The van der Waals surface area contributed by atoms with E-state index in [4.69, 9.17) is 44.1 Å². The molecular weight excluding hydrogens is 985 g/mol. The first-order chi connectivity index (χ1) is 34.2. The normalized spacial score (nSPS) is 15.1. The van der Waals surface area contributed by atoms with E-state index in [1.165, 1.54) is 48.1 Å². The number of benzene rings is 4. The van der Waals surface area contributed by atoms with Crippen molar-refractivity contribution in [3.8, 4) is 24.3 Å². The van der Waals surface area contributed by atoms with Crippen LogP contribution in [0.3, 0.4) is 0 Å². The second-order valence-electron chi connectivity index (χ2n) is 15.3. The molecule has 2 fully saturated rings. The second kappa shape index (κ2) is 47.3. The van der Waals surface area contributed by atoms with Gasteiger partial charge in [0.1, 0.15) is 0 Å². The highest BCUT2D eigenvalue weighted by Gasteiger charge is 2.26. The Labute approximate surface area is 437 Å². The largest absolute Gasteiger partial charge is 0.434 e. The van der Waals surface area contributed by atoms with Gasteiger partial charge in [0.15, 0.2) is 5.56 Å². The van der Waals surface area contributed by atoms with E-state index < -0.39 is 11.0 Å². The number of alkyl halides is 2. The van der Waals surface area contributed by atoms with Gasteiger partial charge in [-0.15, -0.1) is 6.58 Å². The van der Waals surface area contributed by atoms with Crippen molar-refractivity contribution in [3.05, 3.63) is 168 Å². The molecule has 376 valence electrons. The summed E-state index contributed by atoms with van der Waals surface area (Å²) in [5.74, 6) is 0.628. The summed E-state index contributed by atoms with van der Waals surface area (Å²) < 4.78 is 4.14. The summed E-state index contributed by atoms with van der Waals surface area (Å²) in [5.41, 5.74) is 3.83. The number of nitrogens with one attached hydrogen (secondary N) is 3. The number of nitriles is 4. The molecule has 12 nitrogen and oxygen atoms in total. The number of ether oxygens (including phenoxy) is 1. The lowest BCUT2D eigenvalue weighted by Gasteiger charge is -2.40. The van der Waals surface area contributed by atoms with Crippen LogP contribution in [0.5, 0.6) is 0 Å². The lowest BCUT2D eigenvalue weighted by molar-refractivity contribution is 0.0662. The third-order valence-corrected chi connectivity index (χ3v) is 10.4. The van der Waals surface area contributed by atoms with Gasteiger partial charge in [0.25, 0.3) is 0 Å². The molecule has 3 unspecified atom stereocenters. The van der Waals surface area contributed by atoms with Crippen LogP contribution in [-0.4, -0.2) is 90.2 Å². The van der Waals surface area contributed by atoms with Gasteiger partial charge in [-0.25, -0.2) is 4.79 Å². The SMILES string of the molecule is C=CCC#N.CC(Cl)OC(=O)Cl.CO.N#C/C=C/CBr.N#CCC1CCCNC1.N#CCC1CN(Cc2ccccc2)CCN1Cc1ccccc1.c1ccc(CNCCNCc2ccccc2)cc1. The number of hydrogen-bond donors (Lipinski definition) is 4. The van der Waals surface area contributed by atoms with Crippen molar-refractivity contribution in [2.75, 3.05) is 58.3 Å². The van der Waals surface area contributed by atoms with E-state index in [1.807, 2.05) is 30.3 Å². The maximum atomic E-state index is 9.71. The molecule has 0 spiro atoms. The molecule has 0 radical (unpaired) electrons. The highest BCUT2D eigenvalue weighted by molar-refractivity contribution is 9.09. The van der Waals surface area contributed by atoms with Crippen molar-refractivity contribution in [1.29, 1.82) is 21.0 Å². The van der Waals surface area contributed by atoms with Gasteiger partial charge in [-0.1, -0.05) is 161 Å². The summed E-state index contributed by atoms with van der Waals surface area (Å²) in [6.45, 7) is 15.8. The number of nitrogens with zero attached hydrogens (tertiary/aromatic N) is 6. The third-order valence-electron chi connectivity index (χ3n) is 9.87. The summed E-state index contributed by atoms with van der Waals surface area (Å²) in [4.78, 5) is 14.6. The van der Waals surface area contributed by atoms with Crippen LogP contribution in [0, 0.1) is 51.2 Å². The predicted molar refractivity (Wildman–Crippen MR) is 289 cm³/mol. The Morgan fingerprint density at radius 1 is 0.814 bits per heavy atom. The monoisotopic (exact) mass is 1060 g/mol. The fourth-order valence-electron chi connectivity index (χ4n) is 6.62. The van der Waals surface area contributed by atoms with Gasteiger partial charge in [0, 0.05) is 101 Å². The molecule has 0 bridgehead atoms. The first kappa shape index (κ1) is 64.6. The average molecular weight is 1060 g/mol. The number of aliphatic hydroxyl groups excluding tert-OH is 1. The molecule has 2 heterocycles. The maximum absolute atomic E-state index is 9.71. The quantitative estimate of drug-likeness (QED) is 0.0274. The molecule has 2 saturated heterocycles. The molecule has 0 aromatic heterocycles. The number of carbonyl (C=O) groups is 1. The van der Waals surface area contributed by atoms with Crippen molar-refractivity contribution in [1.82, 2.24) is 25.8 Å². The molecule has 15 heteroatoms. The van der Waals surface area contributed by atoms with Crippen LogP contribution >= 0.6 is 39.1 Å². The number of piperazine rings is 1. The van der Waals surface area contributed by atoms with Crippen LogP contribution in [0.25, 0.3) is 0 Å². The minimum Gasteiger partial charge on any atom is -0.434 e. The number of rotatable bonds is 16. The average Bonchev–Trinajstić information content (AvgIpc) is 3.38. The Bertz CT molecular complexity index is 2010. The molecule has 2 aliphatic rings. The number of hydrogen-bond acceptors (Lipinski definition) is 12. The molecule has 4 aromatic carbocycles. The molecule has 0 saturated carbocycles. The zero-order valence-electron chi connectivity index (χ0n) is 40.8. The van der Waals surface area contributed by atoms with Crippen LogP contribution in [-0.2, 0) is 30.9 Å². The Balaban J connectivity index is 0.000000893. The highest BCUT2D eigenvalue weighted by atomic mass is 79.9. The summed E-state index contributed by atoms with van der Waals surface area (Å²) in [6, 6.07) is 50.7. The van der Waals surface area contributed by atoms with Gasteiger partial charge < -0.3 is 25.8 Å². The highest BCUT2D eigenvalue weighted by Crippen LogP contribution is 2.18. The summed E-state index contributed by atoms with van der Waals surface area (Å²) in [5, 5.41) is 51.0. The van der Waals surface area contributed by atoms with E-state index in [1.54, 1.807) is 12.2 Å². The summed E-state index contributed by atoms with van der Waals surface area (Å²) in [7, 11) is 1.00. The van der Waals surface area contributed by atoms with Crippen LogP contribution in [0.15, 0.2) is 146 Å². The van der Waals surface area contributed by atoms with Gasteiger partial charge in [-0.05, 0) is 61.0 Å². The van der Waals surface area contributed by atoms with Crippen molar-refractivity contribution in [3.63, 3.8) is 0 Å². The topological polar surface area (TPSA) is 184 Å². The molecule has 4 aromatic rings. The van der Waals surface area contributed by atoms with E-state index in [0.717, 1.165) is 90.9 Å². The minimum absolute atomic E-state index is 0.317. The van der Waals surface area contributed by atoms with Crippen molar-refractivity contribution < 1.29 is 14.6 Å². The van der Waals surface area contributed by atoms with E-state index in [9.17, 15) is 10.1 Å². The van der Waals surface area contributed by atoms with Gasteiger partial charge in [0.05, 0.1) is 37.1 Å². The van der Waals surface area contributed by atoms with Crippen LogP contribution in [0.2, 0.25) is 0 Å². The zero-order chi connectivity index (χ0) is 51.7. The van der Waals surface area contributed by atoms with Crippen molar-refractivity contribution >= 4 is 44.6 Å². The fraction of sp³-hybridized carbons (Fsp3) is 0.400. The standard InChI is InChI=1S/C20H23N3.C16H20N2.C7H12N2.C4H4BrN.C4H5N.C3H4Cl2O2.CH4O/c21-12-11-20-17-22(15-18-7-3-1-4-8-18)13-14-23(20)16-19-9-5-2-6-10-19;1-3-7-15(8-4-1)13-17-11-12-18-14-16-9-5-2-6-10-16;8-4-3-7-2-1-5-9-6-7;5-3-1-2-4-6;1-2-3-4-5;1-2(4)7-3(5)6;1-2/h1-10,20H,11,13-17H2;1-10,17-18H,11-14H2;7,9H,1-3,5-6H2;1-2H,3H2;2H,1,3H2;2H,1H3;2H,1H3/b;;;2-1+;;;. The molecule has 0 aliphatic carbocycles.